The zero-order valence-electron chi connectivity index (χ0n) is 8.96. The monoisotopic (exact) mass is 210 g/mol. The fourth-order valence-electron chi connectivity index (χ4n) is 1.45. The Bertz CT molecular complexity index is 364. The fraction of sp³-hybridized carbons (Fsp3) is 0.500. The highest BCUT2D eigenvalue weighted by molar-refractivity contribution is 5.38. The molecule has 1 saturated carbocycles. The number of aliphatic hydroxyl groups is 1. The second-order valence-electron chi connectivity index (χ2n) is 4.52. The Kier molecular flexibility index (Phi) is 2.43. The van der Waals surface area contributed by atoms with Crippen molar-refractivity contribution >= 4 is 0 Å². The van der Waals surface area contributed by atoms with E-state index in [4.69, 9.17) is 4.74 Å². The molecule has 82 valence electrons. The Morgan fingerprint density at radius 1 is 1.40 bits per heavy atom. The molecule has 0 saturated heterocycles. The molecule has 0 aromatic heterocycles. The molecule has 0 atom stereocenters. The lowest BCUT2D eigenvalue weighted by molar-refractivity contribution is 0.0740. The maximum absolute atomic E-state index is 13.1. The fourth-order valence-corrected chi connectivity index (χ4v) is 1.45. The molecule has 2 rings (SSSR count). The van der Waals surface area contributed by atoms with Gasteiger partial charge in [-0.3, -0.25) is 0 Å². The van der Waals surface area contributed by atoms with Crippen molar-refractivity contribution in [3.63, 3.8) is 0 Å². The minimum Gasteiger partial charge on any atom is -0.490 e. The largest absolute Gasteiger partial charge is 0.490 e. The lowest BCUT2D eigenvalue weighted by Gasteiger charge is -2.21. The molecule has 0 spiro atoms. The van der Waals surface area contributed by atoms with Gasteiger partial charge in [0.25, 0.3) is 0 Å². The molecule has 0 unspecified atom stereocenters. The molecule has 2 nitrogen and oxygen atoms in total. The van der Waals surface area contributed by atoms with E-state index in [0.29, 0.717) is 11.3 Å². The van der Waals surface area contributed by atoms with Gasteiger partial charge in [-0.25, -0.2) is 4.39 Å². The molecule has 0 aliphatic heterocycles. The van der Waals surface area contributed by atoms with E-state index in [1.54, 1.807) is 19.9 Å². The van der Waals surface area contributed by atoms with Gasteiger partial charge >= 0.3 is 0 Å². The molecule has 0 radical (unpaired) electrons. The lowest BCUT2D eigenvalue weighted by atomic mass is 9.97. The number of hydrogen-bond acceptors (Lipinski definition) is 2. The van der Waals surface area contributed by atoms with Crippen molar-refractivity contribution in [3.05, 3.63) is 29.6 Å². The van der Waals surface area contributed by atoms with Crippen LogP contribution >= 0.6 is 0 Å². The smallest absolute Gasteiger partial charge is 0.125 e. The van der Waals surface area contributed by atoms with Gasteiger partial charge in [-0.2, -0.15) is 0 Å². The molecule has 15 heavy (non-hydrogen) atoms. The van der Waals surface area contributed by atoms with Crippen molar-refractivity contribution in [3.8, 4) is 5.75 Å². The summed E-state index contributed by atoms with van der Waals surface area (Å²) in [6.07, 6.45) is 2.34. The number of halogens is 1. The summed E-state index contributed by atoms with van der Waals surface area (Å²) in [7, 11) is 0. The Labute approximate surface area is 88.7 Å². The third kappa shape index (κ3) is 2.48. The summed E-state index contributed by atoms with van der Waals surface area (Å²) in [5, 5.41) is 9.88. The average molecular weight is 210 g/mol. The summed E-state index contributed by atoms with van der Waals surface area (Å²) < 4.78 is 18.7. The molecule has 1 N–H and O–H groups in total. The van der Waals surface area contributed by atoms with Crippen molar-refractivity contribution in [2.45, 2.75) is 38.4 Å². The Morgan fingerprint density at radius 2 is 2.07 bits per heavy atom. The Balaban J connectivity index is 2.34. The van der Waals surface area contributed by atoms with Gasteiger partial charge in [0.05, 0.1) is 11.7 Å². The number of rotatable bonds is 3. The van der Waals surface area contributed by atoms with Gasteiger partial charge in [-0.1, -0.05) is 0 Å². The molecule has 0 bridgehead atoms. The maximum Gasteiger partial charge on any atom is 0.125 e. The zero-order chi connectivity index (χ0) is 11.1. The van der Waals surface area contributed by atoms with E-state index in [1.807, 2.05) is 0 Å². The topological polar surface area (TPSA) is 29.5 Å². The first-order valence-corrected chi connectivity index (χ1v) is 5.16. The molecule has 1 aromatic carbocycles. The first kappa shape index (κ1) is 10.4. The van der Waals surface area contributed by atoms with Crippen molar-refractivity contribution < 1.29 is 14.2 Å². The summed E-state index contributed by atoms with van der Waals surface area (Å²) in [6.45, 7) is 3.25. The standard InChI is InChI=1S/C12H15FO2/c1-12(2,14)10-7-8(13)3-6-11(10)15-9-4-5-9/h3,6-7,9,14H,4-5H2,1-2H3. The van der Waals surface area contributed by atoms with Gasteiger partial charge in [0.15, 0.2) is 0 Å². The predicted octanol–water partition coefficient (Wildman–Crippen LogP) is 2.59. The van der Waals surface area contributed by atoms with E-state index in [0.717, 1.165) is 12.8 Å². The van der Waals surface area contributed by atoms with Crippen molar-refractivity contribution in [2.24, 2.45) is 0 Å². The van der Waals surface area contributed by atoms with Crippen LogP contribution in [0.5, 0.6) is 5.75 Å². The molecular weight excluding hydrogens is 195 g/mol. The second-order valence-corrected chi connectivity index (χ2v) is 4.52. The van der Waals surface area contributed by atoms with E-state index in [1.165, 1.54) is 12.1 Å². The third-order valence-electron chi connectivity index (χ3n) is 2.42. The van der Waals surface area contributed by atoms with Gasteiger partial charge in [-0.05, 0) is 44.9 Å². The molecule has 0 amide bonds. The third-order valence-corrected chi connectivity index (χ3v) is 2.42. The minimum absolute atomic E-state index is 0.247. The van der Waals surface area contributed by atoms with E-state index in [2.05, 4.69) is 0 Å². The van der Waals surface area contributed by atoms with Crippen LogP contribution in [0.4, 0.5) is 4.39 Å². The molecule has 1 aromatic rings. The minimum atomic E-state index is -1.08. The van der Waals surface area contributed by atoms with Gasteiger partial charge in [0.1, 0.15) is 11.6 Å². The predicted molar refractivity (Wildman–Crippen MR) is 55.3 cm³/mol. The highest BCUT2D eigenvalue weighted by Gasteiger charge is 2.28. The quantitative estimate of drug-likeness (QED) is 0.830. The molecule has 1 fully saturated rings. The van der Waals surface area contributed by atoms with E-state index >= 15 is 0 Å². The van der Waals surface area contributed by atoms with Crippen molar-refractivity contribution in [2.75, 3.05) is 0 Å². The number of hydrogen-bond donors (Lipinski definition) is 1. The molecule has 0 heterocycles. The van der Waals surface area contributed by atoms with Crippen LogP contribution in [0.1, 0.15) is 32.3 Å². The van der Waals surface area contributed by atoms with E-state index < -0.39 is 5.60 Å². The van der Waals surface area contributed by atoms with Gasteiger partial charge in [-0.15, -0.1) is 0 Å². The summed E-state index contributed by atoms with van der Waals surface area (Å²) in [6, 6.07) is 4.27. The average Bonchev–Trinajstić information content (AvgIpc) is 2.90. The Morgan fingerprint density at radius 3 is 2.60 bits per heavy atom. The lowest BCUT2D eigenvalue weighted by Crippen LogP contribution is -2.18. The normalized spacial score (nSPS) is 16.5. The van der Waals surface area contributed by atoms with Crippen molar-refractivity contribution in [1.82, 2.24) is 0 Å². The SMILES string of the molecule is CC(C)(O)c1cc(F)ccc1OC1CC1. The molecule has 3 heteroatoms. The van der Waals surface area contributed by atoms with Crippen LogP contribution in [-0.2, 0) is 5.60 Å². The van der Waals surface area contributed by atoms with Gasteiger partial charge in [0.2, 0.25) is 0 Å². The number of ether oxygens (including phenoxy) is 1. The van der Waals surface area contributed by atoms with Crippen LogP contribution in [0.3, 0.4) is 0 Å². The molecule has 1 aliphatic rings. The molecule has 1 aliphatic carbocycles. The summed E-state index contributed by atoms with van der Waals surface area (Å²) in [5.74, 6) is 0.238. The van der Waals surface area contributed by atoms with Gasteiger partial charge < -0.3 is 9.84 Å². The summed E-state index contributed by atoms with van der Waals surface area (Å²) >= 11 is 0. The second kappa shape index (κ2) is 3.49. The van der Waals surface area contributed by atoms with Crippen LogP contribution in [0.25, 0.3) is 0 Å². The summed E-state index contributed by atoms with van der Waals surface area (Å²) in [4.78, 5) is 0. The number of benzene rings is 1. The van der Waals surface area contributed by atoms with Crippen LogP contribution in [-0.4, -0.2) is 11.2 Å². The van der Waals surface area contributed by atoms with Gasteiger partial charge in [0, 0.05) is 5.56 Å². The zero-order valence-corrected chi connectivity index (χ0v) is 8.96. The highest BCUT2D eigenvalue weighted by Crippen LogP contribution is 2.34. The maximum atomic E-state index is 13.1. The summed E-state index contributed by atoms with van der Waals surface area (Å²) in [5.41, 5.74) is -0.568. The van der Waals surface area contributed by atoms with Crippen LogP contribution < -0.4 is 4.74 Å². The Hall–Kier alpha value is -1.09. The van der Waals surface area contributed by atoms with E-state index in [9.17, 15) is 9.50 Å². The van der Waals surface area contributed by atoms with Crippen LogP contribution in [0.2, 0.25) is 0 Å². The van der Waals surface area contributed by atoms with Crippen molar-refractivity contribution in [1.29, 1.82) is 0 Å². The van der Waals surface area contributed by atoms with E-state index in [-0.39, 0.29) is 11.9 Å². The first-order chi connectivity index (χ1) is 6.97. The van der Waals surface area contributed by atoms with Crippen LogP contribution in [0.15, 0.2) is 18.2 Å². The van der Waals surface area contributed by atoms with Crippen LogP contribution in [0, 0.1) is 5.82 Å². The first-order valence-electron chi connectivity index (χ1n) is 5.16. The molecular formula is C12H15FO2. The highest BCUT2D eigenvalue weighted by atomic mass is 19.1.